The maximum Gasteiger partial charge on any atom is 0.137 e. The molecule has 2 nitrogen and oxygen atoms in total. The number of methoxy groups -OCH3 is 1. The van der Waals surface area contributed by atoms with Crippen LogP contribution in [-0.2, 0) is 6.42 Å². The molecule has 2 aromatic rings. The van der Waals surface area contributed by atoms with Crippen LogP contribution >= 0.6 is 11.6 Å². The van der Waals surface area contributed by atoms with E-state index in [2.05, 4.69) is 18.2 Å². The van der Waals surface area contributed by atoms with Gasteiger partial charge in [-0.05, 0) is 42.5 Å². The molecule has 0 aliphatic heterocycles. The van der Waals surface area contributed by atoms with Crippen LogP contribution < -0.4 is 4.74 Å². The molecular formula is C18H18ClNO. The Morgan fingerprint density at radius 1 is 1.19 bits per heavy atom. The van der Waals surface area contributed by atoms with Gasteiger partial charge in [-0.25, -0.2) is 0 Å². The predicted octanol–water partition coefficient (Wildman–Crippen LogP) is 4.98. The molecule has 0 saturated carbocycles. The summed E-state index contributed by atoms with van der Waals surface area (Å²) >= 11 is 6.13. The number of aryl methyl sites for hydroxylation is 1. The monoisotopic (exact) mass is 299 g/mol. The third kappa shape index (κ3) is 4.24. The van der Waals surface area contributed by atoms with Gasteiger partial charge in [-0.3, -0.25) is 0 Å². The molecule has 0 aliphatic rings. The highest BCUT2D eigenvalue weighted by atomic mass is 35.5. The van der Waals surface area contributed by atoms with Crippen molar-refractivity contribution in [2.75, 3.05) is 7.11 Å². The highest BCUT2D eigenvalue weighted by Gasteiger charge is 2.12. The molecule has 21 heavy (non-hydrogen) atoms. The van der Waals surface area contributed by atoms with Gasteiger partial charge in [-0.2, -0.15) is 5.26 Å². The molecule has 2 rings (SSSR count). The SMILES string of the molecule is COc1ccc(C(C#N)CCCc2ccccc2)cc1Cl. The molecule has 108 valence electrons. The summed E-state index contributed by atoms with van der Waals surface area (Å²) in [5, 5.41) is 9.92. The lowest BCUT2D eigenvalue weighted by molar-refractivity contribution is 0.415. The Hall–Kier alpha value is -1.98. The predicted molar refractivity (Wildman–Crippen MR) is 85.7 cm³/mol. The van der Waals surface area contributed by atoms with Crippen LogP contribution in [0, 0.1) is 11.3 Å². The summed E-state index contributed by atoms with van der Waals surface area (Å²) in [5.41, 5.74) is 2.26. The Morgan fingerprint density at radius 3 is 2.57 bits per heavy atom. The summed E-state index contributed by atoms with van der Waals surface area (Å²) in [5.74, 6) is 0.513. The fraction of sp³-hybridized carbons (Fsp3) is 0.278. The van der Waals surface area contributed by atoms with Crippen LogP contribution in [0.2, 0.25) is 5.02 Å². The molecule has 0 saturated heterocycles. The normalized spacial score (nSPS) is 11.7. The van der Waals surface area contributed by atoms with Gasteiger partial charge in [0, 0.05) is 0 Å². The molecule has 1 atom stereocenters. The second kappa shape index (κ2) is 7.71. The zero-order valence-electron chi connectivity index (χ0n) is 12.1. The van der Waals surface area contributed by atoms with Gasteiger partial charge < -0.3 is 4.74 Å². The first-order valence-corrected chi connectivity index (χ1v) is 7.39. The second-order valence-corrected chi connectivity index (χ2v) is 5.36. The van der Waals surface area contributed by atoms with Gasteiger partial charge >= 0.3 is 0 Å². The summed E-state index contributed by atoms with van der Waals surface area (Å²) in [6, 6.07) is 18.3. The van der Waals surface area contributed by atoms with Crippen molar-refractivity contribution < 1.29 is 4.74 Å². The van der Waals surface area contributed by atoms with Crippen molar-refractivity contribution in [3.05, 3.63) is 64.7 Å². The van der Waals surface area contributed by atoms with Gasteiger partial charge in [0.2, 0.25) is 0 Å². The highest BCUT2D eigenvalue weighted by Crippen LogP contribution is 2.30. The highest BCUT2D eigenvalue weighted by molar-refractivity contribution is 6.32. The molecule has 0 radical (unpaired) electrons. The summed E-state index contributed by atoms with van der Waals surface area (Å²) in [6.07, 6.45) is 2.79. The molecule has 0 amide bonds. The zero-order valence-corrected chi connectivity index (χ0v) is 12.8. The third-order valence-corrected chi connectivity index (χ3v) is 3.83. The van der Waals surface area contributed by atoms with Gasteiger partial charge in [-0.15, -0.1) is 0 Å². The number of nitriles is 1. The topological polar surface area (TPSA) is 33.0 Å². The van der Waals surface area contributed by atoms with Gasteiger partial charge in [-0.1, -0.05) is 48.0 Å². The van der Waals surface area contributed by atoms with E-state index in [1.165, 1.54) is 5.56 Å². The Morgan fingerprint density at radius 2 is 1.95 bits per heavy atom. The van der Waals surface area contributed by atoms with E-state index in [1.54, 1.807) is 7.11 Å². The number of benzene rings is 2. The largest absolute Gasteiger partial charge is 0.495 e. The molecule has 0 fully saturated rings. The van der Waals surface area contributed by atoms with Crippen LogP contribution in [0.4, 0.5) is 0 Å². The average Bonchev–Trinajstić information content (AvgIpc) is 2.52. The lowest BCUT2D eigenvalue weighted by Gasteiger charge is -2.11. The van der Waals surface area contributed by atoms with E-state index in [0.717, 1.165) is 24.8 Å². The van der Waals surface area contributed by atoms with Crippen molar-refractivity contribution in [1.82, 2.24) is 0 Å². The molecule has 0 aromatic heterocycles. The lowest BCUT2D eigenvalue weighted by atomic mass is 9.94. The molecule has 1 unspecified atom stereocenters. The minimum atomic E-state index is -0.128. The van der Waals surface area contributed by atoms with Crippen molar-refractivity contribution in [2.45, 2.75) is 25.2 Å². The number of hydrogen-bond donors (Lipinski definition) is 0. The number of hydrogen-bond acceptors (Lipinski definition) is 2. The second-order valence-electron chi connectivity index (χ2n) is 4.95. The van der Waals surface area contributed by atoms with Gasteiger partial charge in [0.25, 0.3) is 0 Å². The van der Waals surface area contributed by atoms with Gasteiger partial charge in [0.1, 0.15) is 5.75 Å². The van der Waals surface area contributed by atoms with Gasteiger partial charge in [0.15, 0.2) is 0 Å². The molecule has 0 N–H and O–H groups in total. The van der Waals surface area contributed by atoms with Gasteiger partial charge in [0.05, 0.1) is 24.1 Å². The van der Waals surface area contributed by atoms with Crippen LogP contribution in [-0.4, -0.2) is 7.11 Å². The first kappa shape index (κ1) is 15.4. The Bertz CT molecular complexity index is 619. The van der Waals surface area contributed by atoms with Crippen LogP contribution in [0.1, 0.15) is 29.9 Å². The number of ether oxygens (including phenoxy) is 1. The minimum absolute atomic E-state index is 0.128. The van der Waals surface area contributed by atoms with E-state index in [1.807, 2.05) is 36.4 Å². The first-order valence-electron chi connectivity index (χ1n) is 7.01. The van der Waals surface area contributed by atoms with Crippen molar-refractivity contribution in [3.63, 3.8) is 0 Å². The smallest absolute Gasteiger partial charge is 0.137 e. The third-order valence-electron chi connectivity index (χ3n) is 3.54. The van der Waals surface area contributed by atoms with E-state index >= 15 is 0 Å². The lowest BCUT2D eigenvalue weighted by Crippen LogP contribution is -1.98. The summed E-state index contributed by atoms with van der Waals surface area (Å²) in [4.78, 5) is 0. The van der Waals surface area contributed by atoms with Crippen molar-refractivity contribution in [1.29, 1.82) is 5.26 Å². The van der Waals surface area contributed by atoms with Crippen LogP contribution in [0.15, 0.2) is 48.5 Å². The maximum atomic E-state index is 9.37. The Labute approximate surface area is 130 Å². The fourth-order valence-corrected chi connectivity index (χ4v) is 2.63. The Balaban J connectivity index is 1.97. The van der Waals surface area contributed by atoms with Crippen LogP contribution in [0.25, 0.3) is 0 Å². The molecule has 2 aromatic carbocycles. The molecule has 0 heterocycles. The maximum absolute atomic E-state index is 9.37. The number of halogens is 1. The number of rotatable bonds is 6. The molecule has 0 spiro atoms. The van der Waals surface area contributed by atoms with Crippen LogP contribution in [0.3, 0.4) is 0 Å². The minimum Gasteiger partial charge on any atom is -0.495 e. The zero-order chi connectivity index (χ0) is 15.1. The van der Waals surface area contributed by atoms with Crippen molar-refractivity contribution in [3.8, 4) is 11.8 Å². The fourth-order valence-electron chi connectivity index (χ4n) is 2.36. The van der Waals surface area contributed by atoms with E-state index in [0.29, 0.717) is 10.8 Å². The summed E-state index contributed by atoms with van der Waals surface area (Å²) in [7, 11) is 1.59. The van der Waals surface area contributed by atoms with Crippen LogP contribution in [0.5, 0.6) is 5.75 Å². The average molecular weight is 300 g/mol. The van der Waals surface area contributed by atoms with E-state index < -0.39 is 0 Å². The summed E-state index contributed by atoms with van der Waals surface area (Å²) in [6.45, 7) is 0. The van der Waals surface area contributed by atoms with E-state index in [9.17, 15) is 5.26 Å². The Kier molecular flexibility index (Phi) is 5.66. The quantitative estimate of drug-likeness (QED) is 0.753. The van der Waals surface area contributed by atoms with E-state index in [-0.39, 0.29) is 5.92 Å². The molecule has 3 heteroatoms. The van der Waals surface area contributed by atoms with Crippen molar-refractivity contribution >= 4 is 11.6 Å². The molecule has 0 aliphatic carbocycles. The molecule has 0 bridgehead atoms. The van der Waals surface area contributed by atoms with E-state index in [4.69, 9.17) is 16.3 Å². The molecular weight excluding hydrogens is 282 g/mol. The number of nitrogens with zero attached hydrogens (tertiary/aromatic N) is 1. The first-order chi connectivity index (χ1) is 10.2. The van der Waals surface area contributed by atoms with Crippen molar-refractivity contribution in [2.24, 2.45) is 0 Å². The summed E-state index contributed by atoms with van der Waals surface area (Å²) < 4.78 is 5.14. The standard InChI is InChI=1S/C18H18ClNO/c1-21-18-11-10-15(12-17(18)19)16(13-20)9-5-8-14-6-3-2-4-7-14/h2-4,6-7,10-12,16H,5,8-9H2,1H3.